The van der Waals surface area contributed by atoms with Crippen molar-refractivity contribution in [2.45, 2.75) is 38.6 Å². The number of halogens is 1. The molecule has 0 spiro atoms. The normalized spacial score (nSPS) is 14.9. The van der Waals surface area contributed by atoms with Crippen LogP contribution in [-0.4, -0.2) is 68.8 Å². The molecule has 0 aliphatic carbocycles. The number of ether oxygens (including phenoxy) is 2. The maximum absolute atomic E-state index is 13.4. The van der Waals surface area contributed by atoms with Gasteiger partial charge in [0.05, 0.1) is 25.7 Å². The number of carbonyl (C=O) groups is 3. The molecule has 2 aromatic carbocycles. The van der Waals surface area contributed by atoms with E-state index >= 15 is 0 Å². The van der Waals surface area contributed by atoms with Crippen molar-refractivity contribution in [3.63, 3.8) is 0 Å². The van der Waals surface area contributed by atoms with Crippen LogP contribution in [0.3, 0.4) is 0 Å². The van der Waals surface area contributed by atoms with Gasteiger partial charge in [-0.2, -0.15) is 0 Å². The van der Waals surface area contributed by atoms with E-state index in [1.807, 2.05) is 13.0 Å². The number of aliphatic carboxylic acids is 1. The molecule has 11 heteroatoms. The lowest BCUT2D eigenvalue weighted by atomic mass is 10.1. The van der Waals surface area contributed by atoms with Crippen LogP contribution in [0.15, 0.2) is 42.5 Å². The quantitative estimate of drug-likeness (QED) is 0.202. The Balaban J connectivity index is 1.41. The van der Waals surface area contributed by atoms with E-state index in [1.165, 1.54) is 11.8 Å². The maximum atomic E-state index is 13.4. The van der Waals surface area contributed by atoms with E-state index in [1.54, 1.807) is 53.0 Å². The number of nitrogens with zero attached hydrogens (tertiary/aromatic N) is 2. The summed E-state index contributed by atoms with van der Waals surface area (Å²) < 4.78 is 13.0. The van der Waals surface area contributed by atoms with Crippen molar-refractivity contribution in [1.29, 1.82) is 0 Å². The number of aromatic nitrogens is 1. The predicted octanol–water partition coefficient (Wildman–Crippen LogP) is 5.34. The van der Waals surface area contributed by atoms with Crippen molar-refractivity contribution < 1.29 is 29.0 Å². The van der Waals surface area contributed by atoms with Gasteiger partial charge in [-0.15, -0.1) is 0 Å². The van der Waals surface area contributed by atoms with E-state index in [0.29, 0.717) is 62.6 Å². The summed E-state index contributed by atoms with van der Waals surface area (Å²) in [5.74, 6) is -0.259. The number of carboxylic acids is 1. The van der Waals surface area contributed by atoms with Gasteiger partial charge in [0.1, 0.15) is 16.1 Å². The molecule has 1 saturated heterocycles. The Bertz CT molecular complexity index is 1410. The van der Waals surface area contributed by atoms with E-state index in [0.717, 1.165) is 11.8 Å². The number of thiocarbonyl (C=S) groups is 1. The largest absolute Gasteiger partial charge is 0.497 e. The van der Waals surface area contributed by atoms with Gasteiger partial charge in [0, 0.05) is 34.0 Å². The number of esters is 1. The van der Waals surface area contributed by atoms with Crippen molar-refractivity contribution in [2.24, 2.45) is 0 Å². The predicted molar refractivity (Wildman–Crippen MR) is 156 cm³/mol. The van der Waals surface area contributed by atoms with Crippen LogP contribution in [0.4, 0.5) is 0 Å². The van der Waals surface area contributed by atoms with Crippen LogP contribution in [0.2, 0.25) is 5.02 Å². The number of rotatable bonds is 9. The molecule has 1 fully saturated rings. The molecule has 4 rings (SSSR count). The highest BCUT2D eigenvalue weighted by Gasteiger charge is 2.32. The van der Waals surface area contributed by atoms with Crippen molar-refractivity contribution >= 4 is 68.6 Å². The number of carboxylic acid groups (broad SMARTS) is 1. The van der Waals surface area contributed by atoms with Gasteiger partial charge >= 0.3 is 11.9 Å². The number of methoxy groups -OCH3 is 1. The second-order valence-corrected chi connectivity index (χ2v) is 11.3. The van der Waals surface area contributed by atoms with Gasteiger partial charge in [-0.1, -0.05) is 35.6 Å². The average molecular weight is 589 g/mol. The summed E-state index contributed by atoms with van der Waals surface area (Å²) in [7, 11) is 1.56. The van der Waals surface area contributed by atoms with Crippen molar-refractivity contribution in [2.75, 3.05) is 26.0 Å². The van der Waals surface area contributed by atoms with E-state index < -0.39 is 18.0 Å². The minimum Gasteiger partial charge on any atom is -0.497 e. The highest BCUT2D eigenvalue weighted by molar-refractivity contribution is 8.22. The molecule has 1 aromatic heterocycles. The number of fused-ring (bicyclic) bond motifs is 1. The third-order valence-corrected chi connectivity index (χ3v) is 8.52. The maximum Gasteiger partial charge on any atom is 0.326 e. The molecule has 206 valence electrons. The molecule has 1 N–H and O–H groups in total. The Hall–Kier alpha value is -3.08. The zero-order valence-electron chi connectivity index (χ0n) is 21.6. The van der Waals surface area contributed by atoms with Crippen molar-refractivity contribution in [3.8, 4) is 5.75 Å². The number of hydrogen-bond donors (Lipinski definition) is 1. The van der Waals surface area contributed by atoms with Crippen molar-refractivity contribution in [3.05, 3.63) is 64.3 Å². The summed E-state index contributed by atoms with van der Waals surface area (Å²) >= 11 is 12.8. The Kier molecular flexibility index (Phi) is 9.53. The smallest absolute Gasteiger partial charge is 0.326 e. The fraction of sp³-hybridized carbons (Fsp3) is 0.357. The zero-order valence-corrected chi connectivity index (χ0v) is 24.0. The highest BCUT2D eigenvalue weighted by atomic mass is 35.5. The van der Waals surface area contributed by atoms with Gasteiger partial charge < -0.3 is 19.5 Å². The first kappa shape index (κ1) is 28.9. The summed E-state index contributed by atoms with van der Waals surface area (Å²) in [5, 5.41) is 10.6. The minimum atomic E-state index is -0.853. The fourth-order valence-electron chi connectivity index (χ4n) is 4.72. The fourth-order valence-corrected chi connectivity index (χ4v) is 6.14. The van der Waals surface area contributed by atoms with Crippen molar-refractivity contribution in [1.82, 2.24) is 9.47 Å². The second kappa shape index (κ2) is 12.8. The topological polar surface area (TPSA) is 98.1 Å². The molecule has 1 aliphatic heterocycles. The second-order valence-electron chi connectivity index (χ2n) is 9.15. The van der Waals surface area contributed by atoms with Gasteiger partial charge in [-0.25, -0.2) is 4.79 Å². The lowest BCUT2D eigenvalue weighted by molar-refractivity contribution is -0.143. The molecule has 1 atom stereocenters. The third-order valence-electron chi connectivity index (χ3n) is 6.71. The molecule has 1 aliphatic rings. The molecule has 0 bridgehead atoms. The molecular weight excluding hydrogens is 560 g/mol. The SMILES string of the molecule is COc1ccc2c(c1)c(CC(=O)OCCCSC(=S)N1CCCC1C(=O)O)c(C)n2C(=O)c1ccc(Cl)cc1. The first-order valence-electron chi connectivity index (χ1n) is 12.5. The zero-order chi connectivity index (χ0) is 28.1. The third kappa shape index (κ3) is 6.57. The van der Waals surface area contributed by atoms with Crippen LogP contribution in [0.5, 0.6) is 5.75 Å². The average Bonchev–Trinajstić information content (AvgIpc) is 3.52. The Morgan fingerprint density at radius 2 is 1.92 bits per heavy atom. The molecule has 1 unspecified atom stereocenters. The first-order chi connectivity index (χ1) is 18.7. The molecule has 39 heavy (non-hydrogen) atoms. The van der Waals surface area contributed by atoms with Gasteiger partial charge in [0.2, 0.25) is 0 Å². The van der Waals surface area contributed by atoms with Gasteiger partial charge in [-0.05, 0) is 74.2 Å². The van der Waals surface area contributed by atoms with Crippen LogP contribution >= 0.6 is 35.6 Å². The van der Waals surface area contributed by atoms with Gasteiger partial charge in [0.15, 0.2) is 0 Å². The minimum absolute atomic E-state index is 0.00395. The Morgan fingerprint density at radius 1 is 1.18 bits per heavy atom. The summed E-state index contributed by atoms with van der Waals surface area (Å²) in [5.41, 5.74) is 2.49. The van der Waals surface area contributed by atoms with E-state index in [9.17, 15) is 19.5 Å². The molecule has 3 aromatic rings. The molecule has 0 amide bonds. The summed E-state index contributed by atoms with van der Waals surface area (Å²) in [6.07, 6.45) is 1.98. The molecular formula is C28H29ClN2O6S2. The Morgan fingerprint density at radius 3 is 2.62 bits per heavy atom. The summed E-state index contributed by atoms with van der Waals surface area (Å²) in [6.45, 7) is 2.67. The number of thioether (sulfide) groups is 1. The molecule has 2 heterocycles. The van der Waals surface area contributed by atoms with Crippen LogP contribution in [0.25, 0.3) is 10.9 Å². The van der Waals surface area contributed by atoms with E-state index in [4.69, 9.17) is 33.3 Å². The summed E-state index contributed by atoms with van der Waals surface area (Å²) in [4.78, 5) is 39.4. The number of hydrogen-bond acceptors (Lipinski definition) is 7. The van der Waals surface area contributed by atoms with Crippen LogP contribution in [-0.2, 0) is 20.7 Å². The number of likely N-dealkylation sites (tertiary alicyclic amines) is 1. The Labute approximate surface area is 241 Å². The monoisotopic (exact) mass is 588 g/mol. The standard InChI is InChI=1S/C28H29ClN2O6S2/c1-17-21(16-25(32)37-13-4-14-39-28(38)30-12-3-5-24(30)27(34)35)22-15-20(36-2)10-11-23(22)31(17)26(33)18-6-8-19(29)9-7-18/h6-11,15,24H,3-5,12-14,16H2,1-2H3,(H,34,35). The first-order valence-corrected chi connectivity index (χ1v) is 14.3. The molecule has 0 radical (unpaired) electrons. The lowest BCUT2D eigenvalue weighted by Crippen LogP contribution is -2.38. The van der Waals surface area contributed by atoms with E-state index in [2.05, 4.69) is 0 Å². The number of carbonyl (C=O) groups excluding carboxylic acids is 2. The molecule has 0 saturated carbocycles. The van der Waals surface area contributed by atoms with Gasteiger partial charge in [0.25, 0.3) is 5.91 Å². The molecule has 8 nitrogen and oxygen atoms in total. The lowest BCUT2D eigenvalue weighted by Gasteiger charge is -2.23. The summed E-state index contributed by atoms with van der Waals surface area (Å²) in [6, 6.07) is 11.5. The van der Waals surface area contributed by atoms with Gasteiger partial charge in [-0.3, -0.25) is 14.2 Å². The highest BCUT2D eigenvalue weighted by Crippen LogP contribution is 2.31. The number of benzene rings is 2. The van der Waals surface area contributed by atoms with Crippen LogP contribution in [0, 0.1) is 6.92 Å². The van der Waals surface area contributed by atoms with Crippen LogP contribution < -0.4 is 4.74 Å². The van der Waals surface area contributed by atoms with E-state index in [-0.39, 0.29) is 18.9 Å². The van der Waals surface area contributed by atoms with Crippen LogP contribution in [0.1, 0.15) is 40.9 Å².